The Morgan fingerprint density at radius 3 is 2.65 bits per heavy atom. The third kappa shape index (κ3) is 4.71. The number of allylic oxidation sites excluding steroid dienone is 1. The van der Waals surface area contributed by atoms with Crippen molar-refractivity contribution in [1.82, 2.24) is 5.32 Å². The Hall–Kier alpha value is -0.500. The van der Waals surface area contributed by atoms with E-state index >= 15 is 0 Å². The summed E-state index contributed by atoms with van der Waals surface area (Å²) in [7, 11) is 0. The van der Waals surface area contributed by atoms with Crippen LogP contribution < -0.4 is 5.32 Å². The summed E-state index contributed by atoms with van der Waals surface area (Å²) in [5.41, 5.74) is 1.08. The normalized spacial score (nSPS) is 14.4. The van der Waals surface area contributed by atoms with E-state index in [0.717, 1.165) is 18.4 Å². The fraction of sp³-hybridized carbons (Fsp3) is 0.429. The SMILES string of the molecule is C=CCCC(C)NC(C)c1ccc(Cl)cc1Cl. The zero-order chi connectivity index (χ0) is 12.8. The van der Waals surface area contributed by atoms with Gasteiger partial charge in [-0.15, -0.1) is 6.58 Å². The van der Waals surface area contributed by atoms with Gasteiger partial charge in [-0.3, -0.25) is 0 Å². The van der Waals surface area contributed by atoms with Crippen molar-refractivity contribution < 1.29 is 0 Å². The maximum absolute atomic E-state index is 6.17. The average molecular weight is 272 g/mol. The van der Waals surface area contributed by atoms with Gasteiger partial charge in [-0.2, -0.15) is 0 Å². The Morgan fingerprint density at radius 1 is 1.35 bits per heavy atom. The Morgan fingerprint density at radius 2 is 2.06 bits per heavy atom. The molecule has 0 aliphatic heterocycles. The lowest BCUT2D eigenvalue weighted by molar-refractivity contribution is 0.459. The first-order chi connectivity index (χ1) is 8.04. The molecule has 2 unspecified atom stereocenters. The molecule has 0 bridgehead atoms. The first-order valence-corrected chi connectivity index (χ1v) is 6.62. The highest BCUT2D eigenvalue weighted by Crippen LogP contribution is 2.26. The summed E-state index contributed by atoms with van der Waals surface area (Å²) in [5, 5.41) is 4.90. The fourth-order valence-electron chi connectivity index (χ4n) is 1.82. The van der Waals surface area contributed by atoms with Crippen molar-refractivity contribution in [3.63, 3.8) is 0 Å². The van der Waals surface area contributed by atoms with Crippen LogP contribution in [0.1, 0.15) is 38.3 Å². The summed E-state index contributed by atoms with van der Waals surface area (Å²) in [6, 6.07) is 6.29. The first kappa shape index (κ1) is 14.6. The molecule has 0 aromatic heterocycles. The zero-order valence-electron chi connectivity index (χ0n) is 10.3. The molecule has 0 aliphatic carbocycles. The van der Waals surface area contributed by atoms with Crippen molar-refractivity contribution >= 4 is 23.2 Å². The van der Waals surface area contributed by atoms with Gasteiger partial charge < -0.3 is 5.32 Å². The Kier molecular flexibility index (Phi) is 6.04. The molecule has 2 atom stereocenters. The molecule has 0 radical (unpaired) electrons. The van der Waals surface area contributed by atoms with E-state index in [2.05, 4.69) is 25.7 Å². The number of benzene rings is 1. The van der Waals surface area contributed by atoms with Gasteiger partial charge in [0.1, 0.15) is 0 Å². The highest BCUT2D eigenvalue weighted by molar-refractivity contribution is 6.35. The number of rotatable bonds is 6. The maximum atomic E-state index is 6.17. The molecule has 94 valence electrons. The zero-order valence-corrected chi connectivity index (χ0v) is 11.9. The molecule has 1 aromatic carbocycles. The lowest BCUT2D eigenvalue weighted by Crippen LogP contribution is -2.28. The molecule has 1 aromatic rings. The molecule has 0 saturated carbocycles. The van der Waals surface area contributed by atoms with Gasteiger partial charge in [0, 0.05) is 22.1 Å². The van der Waals surface area contributed by atoms with E-state index in [1.54, 1.807) is 6.07 Å². The van der Waals surface area contributed by atoms with Gasteiger partial charge in [-0.25, -0.2) is 0 Å². The van der Waals surface area contributed by atoms with Crippen LogP contribution in [0.25, 0.3) is 0 Å². The number of nitrogens with one attached hydrogen (secondary N) is 1. The van der Waals surface area contributed by atoms with Crippen LogP contribution in [0, 0.1) is 0 Å². The number of halogens is 2. The molecular formula is C14H19Cl2N. The summed E-state index contributed by atoms with van der Waals surface area (Å²) in [4.78, 5) is 0. The topological polar surface area (TPSA) is 12.0 Å². The van der Waals surface area contributed by atoms with Gasteiger partial charge >= 0.3 is 0 Å². The van der Waals surface area contributed by atoms with Gasteiger partial charge in [-0.05, 0) is 44.4 Å². The molecule has 0 amide bonds. The van der Waals surface area contributed by atoms with Crippen LogP contribution in [0.2, 0.25) is 10.0 Å². The molecule has 0 saturated heterocycles. The fourth-order valence-corrected chi connectivity index (χ4v) is 2.39. The van der Waals surface area contributed by atoms with Crippen molar-refractivity contribution in [1.29, 1.82) is 0 Å². The lowest BCUT2D eigenvalue weighted by atomic mass is 10.1. The minimum absolute atomic E-state index is 0.222. The van der Waals surface area contributed by atoms with Crippen LogP contribution in [0.15, 0.2) is 30.9 Å². The molecule has 1 nitrogen and oxygen atoms in total. The largest absolute Gasteiger partial charge is 0.308 e. The number of hydrogen-bond donors (Lipinski definition) is 1. The second kappa shape index (κ2) is 7.05. The minimum atomic E-state index is 0.222. The van der Waals surface area contributed by atoms with E-state index in [0.29, 0.717) is 16.1 Å². The molecule has 1 N–H and O–H groups in total. The predicted octanol–water partition coefficient (Wildman–Crippen LogP) is 5.00. The summed E-state index contributed by atoms with van der Waals surface area (Å²) < 4.78 is 0. The molecule has 3 heteroatoms. The molecular weight excluding hydrogens is 253 g/mol. The Bertz CT molecular complexity index is 376. The predicted molar refractivity (Wildman–Crippen MR) is 76.9 cm³/mol. The molecule has 0 aliphatic rings. The monoisotopic (exact) mass is 271 g/mol. The molecule has 0 fully saturated rings. The van der Waals surface area contributed by atoms with Crippen LogP contribution in [-0.2, 0) is 0 Å². The Labute approximate surface area is 114 Å². The smallest absolute Gasteiger partial charge is 0.0468 e. The van der Waals surface area contributed by atoms with Crippen molar-refractivity contribution in [3.8, 4) is 0 Å². The highest BCUT2D eigenvalue weighted by atomic mass is 35.5. The quantitative estimate of drug-likeness (QED) is 0.719. The van der Waals surface area contributed by atoms with Gasteiger partial charge in [0.05, 0.1) is 0 Å². The third-order valence-corrected chi connectivity index (χ3v) is 3.33. The molecule has 1 rings (SSSR count). The minimum Gasteiger partial charge on any atom is -0.308 e. The van der Waals surface area contributed by atoms with Crippen molar-refractivity contribution in [2.24, 2.45) is 0 Å². The summed E-state index contributed by atoms with van der Waals surface area (Å²) in [6.07, 6.45) is 4.05. The highest BCUT2D eigenvalue weighted by Gasteiger charge is 2.12. The van der Waals surface area contributed by atoms with Crippen LogP contribution in [-0.4, -0.2) is 6.04 Å². The van der Waals surface area contributed by atoms with Crippen molar-refractivity contribution in [3.05, 3.63) is 46.5 Å². The van der Waals surface area contributed by atoms with Crippen molar-refractivity contribution in [2.75, 3.05) is 0 Å². The van der Waals surface area contributed by atoms with Gasteiger partial charge in [0.25, 0.3) is 0 Å². The summed E-state index contributed by atoms with van der Waals surface area (Å²) >= 11 is 12.1. The third-order valence-electron chi connectivity index (χ3n) is 2.77. The van der Waals surface area contributed by atoms with Gasteiger partial charge in [-0.1, -0.05) is 35.3 Å². The van der Waals surface area contributed by atoms with E-state index in [4.69, 9.17) is 23.2 Å². The van der Waals surface area contributed by atoms with E-state index in [1.165, 1.54) is 0 Å². The van der Waals surface area contributed by atoms with Crippen LogP contribution in [0.4, 0.5) is 0 Å². The van der Waals surface area contributed by atoms with Crippen LogP contribution in [0.3, 0.4) is 0 Å². The summed E-state index contributed by atoms with van der Waals surface area (Å²) in [6.45, 7) is 8.01. The maximum Gasteiger partial charge on any atom is 0.0468 e. The average Bonchev–Trinajstić information content (AvgIpc) is 2.26. The van der Waals surface area contributed by atoms with Gasteiger partial charge in [0.2, 0.25) is 0 Å². The van der Waals surface area contributed by atoms with Crippen molar-refractivity contribution in [2.45, 2.75) is 38.8 Å². The Balaban J connectivity index is 2.62. The first-order valence-electron chi connectivity index (χ1n) is 5.86. The van der Waals surface area contributed by atoms with E-state index < -0.39 is 0 Å². The molecule has 0 heterocycles. The molecule has 17 heavy (non-hydrogen) atoms. The lowest BCUT2D eigenvalue weighted by Gasteiger charge is -2.21. The standard InChI is InChI=1S/C14H19Cl2N/c1-4-5-6-10(2)17-11(3)13-8-7-12(15)9-14(13)16/h4,7-11,17H,1,5-6H2,2-3H3. The van der Waals surface area contributed by atoms with Crippen LogP contribution in [0.5, 0.6) is 0 Å². The number of hydrogen-bond acceptors (Lipinski definition) is 1. The van der Waals surface area contributed by atoms with E-state index in [-0.39, 0.29) is 6.04 Å². The van der Waals surface area contributed by atoms with E-state index in [1.807, 2.05) is 18.2 Å². The van der Waals surface area contributed by atoms with Crippen LogP contribution >= 0.6 is 23.2 Å². The van der Waals surface area contributed by atoms with E-state index in [9.17, 15) is 0 Å². The second-order valence-corrected chi connectivity index (χ2v) is 5.16. The summed E-state index contributed by atoms with van der Waals surface area (Å²) in [5.74, 6) is 0. The second-order valence-electron chi connectivity index (χ2n) is 4.32. The van der Waals surface area contributed by atoms with Gasteiger partial charge in [0.15, 0.2) is 0 Å². The molecule has 0 spiro atoms.